The number of nitriles is 1. The molecular weight excluding hydrogens is 249 g/mol. The molecule has 0 aliphatic carbocycles. The summed E-state index contributed by atoms with van der Waals surface area (Å²) in [6, 6.07) is 6.57. The lowest BCUT2D eigenvalue weighted by Crippen LogP contribution is -2.21. The van der Waals surface area contributed by atoms with E-state index < -0.39 is 5.84 Å². The third-order valence-electron chi connectivity index (χ3n) is 1.60. The largest absolute Gasteiger partial charge is 0.382 e. The molecule has 0 amide bonds. The van der Waals surface area contributed by atoms with Crippen molar-refractivity contribution < 1.29 is 0 Å². The zero-order valence-electron chi connectivity index (χ0n) is 7.96. The number of hydrogen-bond acceptors (Lipinski definition) is 4. The number of benzene rings is 1. The molecule has 82 valence electrons. The van der Waals surface area contributed by atoms with Crippen LogP contribution in [-0.2, 0) is 0 Å². The minimum atomic E-state index is -0.432. The van der Waals surface area contributed by atoms with E-state index in [9.17, 15) is 0 Å². The summed E-state index contributed by atoms with van der Waals surface area (Å²) in [5, 5.41) is 20.0. The molecule has 0 heterocycles. The molecule has 0 aliphatic heterocycles. The van der Waals surface area contributed by atoms with Gasteiger partial charge in [-0.3, -0.25) is 10.8 Å². The molecule has 0 bridgehead atoms. The summed E-state index contributed by atoms with van der Waals surface area (Å²) in [6.45, 7) is 0. The highest BCUT2D eigenvalue weighted by Crippen LogP contribution is 2.29. The van der Waals surface area contributed by atoms with Gasteiger partial charge >= 0.3 is 0 Å². The van der Waals surface area contributed by atoms with Crippen LogP contribution in [0, 0.1) is 16.7 Å². The molecule has 0 aliphatic rings. The van der Waals surface area contributed by atoms with Gasteiger partial charge in [0.05, 0.1) is 15.7 Å². The first-order valence-corrected chi connectivity index (χ1v) is 4.84. The normalized spacial score (nSPS) is 10.7. The van der Waals surface area contributed by atoms with E-state index in [1.807, 2.05) is 0 Å². The maximum absolute atomic E-state index is 8.61. The predicted octanol–water partition coefficient (Wildman–Crippen LogP) is 2.22. The first kappa shape index (κ1) is 12.3. The Morgan fingerprint density at radius 3 is 2.44 bits per heavy atom. The van der Waals surface area contributed by atoms with Crippen LogP contribution in [0.5, 0.6) is 0 Å². The number of nitrogens with one attached hydrogen (secondary N) is 2. The van der Waals surface area contributed by atoms with Crippen LogP contribution in [0.2, 0.25) is 10.0 Å². The highest BCUT2D eigenvalue weighted by Gasteiger charge is 2.05. The fourth-order valence-electron chi connectivity index (χ4n) is 0.862. The maximum atomic E-state index is 8.61. The molecule has 16 heavy (non-hydrogen) atoms. The summed E-state index contributed by atoms with van der Waals surface area (Å²) in [7, 11) is 0. The van der Waals surface area contributed by atoms with Gasteiger partial charge in [-0.15, -0.1) is 0 Å². The molecule has 1 aromatic rings. The van der Waals surface area contributed by atoms with Crippen molar-refractivity contribution in [3.8, 4) is 6.07 Å². The third kappa shape index (κ3) is 2.86. The molecule has 7 heteroatoms. The number of nitrogens with two attached hydrogens (primary N) is 1. The van der Waals surface area contributed by atoms with E-state index in [0.29, 0.717) is 15.7 Å². The molecule has 0 spiro atoms. The number of hydrogen-bond donors (Lipinski definition) is 3. The van der Waals surface area contributed by atoms with E-state index in [1.54, 1.807) is 24.3 Å². The lowest BCUT2D eigenvalue weighted by molar-refractivity contribution is 1.33. The van der Waals surface area contributed by atoms with Crippen molar-refractivity contribution in [2.75, 3.05) is 5.43 Å². The number of amidine groups is 1. The molecule has 0 unspecified atom stereocenters. The number of hydrazone groups is 1. The van der Waals surface area contributed by atoms with E-state index >= 15 is 0 Å². The Kier molecular flexibility index (Phi) is 4.11. The highest BCUT2D eigenvalue weighted by molar-refractivity contribution is 6.46. The molecule has 0 aromatic heterocycles. The Labute approximate surface area is 102 Å². The topological polar surface area (TPSA) is 98.0 Å². The van der Waals surface area contributed by atoms with Gasteiger partial charge in [0, 0.05) is 0 Å². The second kappa shape index (κ2) is 5.35. The lowest BCUT2D eigenvalue weighted by Gasteiger charge is -2.05. The van der Waals surface area contributed by atoms with Gasteiger partial charge in [0.15, 0.2) is 5.84 Å². The average Bonchev–Trinajstić information content (AvgIpc) is 2.22. The van der Waals surface area contributed by atoms with Crippen molar-refractivity contribution in [1.82, 2.24) is 0 Å². The summed E-state index contributed by atoms with van der Waals surface area (Å²) in [5.41, 5.74) is 7.73. The monoisotopic (exact) mass is 255 g/mol. The van der Waals surface area contributed by atoms with Crippen LogP contribution >= 0.6 is 23.2 Å². The standard InChI is InChI=1S/C9H7Cl2N5/c10-5-2-1-3-6(11)8(5)16-15-7(4-12)9(13)14/h1-3,16H,(H3,13,14)/b15-7-. The first-order valence-electron chi connectivity index (χ1n) is 4.08. The van der Waals surface area contributed by atoms with Crippen molar-refractivity contribution in [2.24, 2.45) is 10.8 Å². The van der Waals surface area contributed by atoms with Gasteiger partial charge in [-0.25, -0.2) is 0 Å². The molecule has 0 radical (unpaired) electrons. The van der Waals surface area contributed by atoms with Crippen LogP contribution in [-0.4, -0.2) is 11.5 Å². The van der Waals surface area contributed by atoms with Gasteiger partial charge in [0.25, 0.3) is 0 Å². The molecule has 5 nitrogen and oxygen atoms in total. The van der Waals surface area contributed by atoms with Gasteiger partial charge in [-0.1, -0.05) is 29.3 Å². The van der Waals surface area contributed by atoms with E-state index in [0.717, 1.165) is 0 Å². The SMILES string of the molecule is N#C/C(=N/Nc1c(Cl)cccc1Cl)C(=N)N. The van der Waals surface area contributed by atoms with Crippen LogP contribution in [0.25, 0.3) is 0 Å². The molecule has 1 rings (SSSR count). The molecule has 0 atom stereocenters. The Morgan fingerprint density at radius 1 is 1.44 bits per heavy atom. The molecule has 0 saturated carbocycles. The smallest absolute Gasteiger partial charge is 0.201 e. The van der Waals surface area contributed by atoms with E-state index in [2.05, 4.69) is 10.5 Å². The lowest BCUT2D eigenvalue weighted by atomic mass is 10.3. The van der Waals surface area contributed by atoms with Gasteiger partial charge in [-0.05, 0) is 12.1 Å². The number of para-hydroxylation sites is 1. The Morgan fingerprint density at radius 2 is 2.00 bits per heavy atom. The summed E-state index contributed by atoms with van der Waals surface area (Å²) in [6.07, 6.45) is 0. The Balaban J connectivity index is 2.99. The maximum Gasteiger partial charge on any atom is 0.201 e. The van der Waals surface area contributed by atoms with Gasteiger partial charge in [-0.2, -0.15) is 10.4 Å². The van der Waals surface area contributed by atoms with Crippen LogP contribution in [0.1, 0.15) is 0 Å². The summed E-state index contributed by atoms with van der Waals surface area (Å²) in [4.78, 5) is 0. The third-order valence-corrected chi connectivity index (χ3v) is 2.23. The fraction of sp³-hybridized carbons (Fsp3) is 0. The first-order chi connectivity index (χ1) is 7.56. The predicted molar refractivity (Wildman–Crippen MR) is 65.0 cm³/mol. The van der Waals surface area contributed by atoms with Gasteiger partial charge in [0.2, 0.25) is 5.71 Å². The summed E-state index contributed by atoms with van der Waals surface area (Å²) < 4.78 is 0. The van der Waals surface area contributed by atoms with Gasteiger partial charge in [0.1, 0.15) is 6.07 Å². The van der Waals surface area contributed by atoms with Crippen LogP contribution < -0.4 is 11.2 Å². The fourth-order valence-corrected chi connectivity index (χ4v) is 1.34. The minimum Gasteiger partial charge on any atom is -0.382 e. The van der Waals surface area contributed by atoms with Crippen LogP contribution in [0.3, 0.4) is 0 Å². The Hall–Kier alpha value is -1.77. The van der Waals surface area contributed by atoms with Crippen molar-refractivity contribution in [1.29, 1.82) is 10.7 Å². The second-order valence-corrected chi connectivity index (χ2v) is 3.51. The van der Waals surface area contributed by atoms with Crippen molar-refractivity contribution in [3.05, 3.63) is 28.2 Å². The van der Waals surface area contributed by atoms with Crippen LogP contribution in [0.15, 0.2) is 23.3 Å². The second-order valence-electron chi connectivity index (χ2n) is 2.69. The number of halogens is 2. The van der Waals surface area contributed by atoms with Crippen molar-refractivity contribution in [3.63, 3.8) is 0 Å². The number of nitrogens with zero attached hydrogens (tertiary/aromatic N) is 2. The number of anilines is 1. The molecular formula is C9H7Cl2N5. The van der Waals surface area contributed by atoms with E-state index in [-0.39, 0.29) is 5.71 Å². The van der Waals surface area contributed by atoms with Gasteiger partial charge < -0.3 is 5.73 Å². The summed E-state index contributed by atoms with van der Waals surface area (Å²) in [5.74, 6) is -0.432. The van der Waals surface area contributed by atoms with Crippen molar-refractivity contribution >= 4 is 40.4 Å². The highest BCUT2D eigenvalue weighted by atomic mass is 35.5. The Bertz CT molecular complexity index is 469. The molecule has 1 aromatic carbocycles. The molecule has 0 fully saturated rings. The van der Waals surface area contributed by atoms with Crippen molar-refractivity contribution in [2.45, 2.75) is 0 Å². The minimum absolute atomic E-state index is 0.240. The molecule has 0 saturated heterocycles. The van der Waals surface area contributed by atoms with Crippen LogP contribution in [0.4, 0.5) is 5.69 Å². The van der Waals surface area contributed by atoms with E-state index in [1.165, 1.54) is 0 Å². The average molecular weight is 256 g/mol. The quantitative estimate of drug-likeness (QED) is 0.439. The zero-order chi connectivity index (χ0) is 12.1. The molecule has 4 N–H and O–H groups in total. The zero-order valence-corrected chi connectivity index (χ0v) is 9.47. The van der Waals surface area contributed by atoms with E-state index in [4.69, 9.17) is 39.6 Å². The summed E-state index contributed by atoms with van der Waals surface area (Å²) >= 11 is 11.7. The number of rotatable bonds is 3.